The summed E-state index contributed by atoms with van der Waals surface area (Å²) in [5, 5.41) is 0. The molecule has 6 nitrogen and oxygen atoms in total. The van der Waals surface area contributed by atoms with Gasteiger partial charge in [-0.25, -0.2) is 0 Å². The summed E-state index contributed by atoms with van der Waals surface area (Å²) in [6.07, 6.45) is 2.42. The number of amides is 1. The minimum atomic E-state index is -0.149. The van der Waals surface area contributed by atoms with Gasteiger partial charge in [-0.15, -0.1) is 0 Å². The van der Waals surface area contributed by atoms with E-state index < -0.39 is 0 Å². The van der Waals surface area contributed by atoms with E-state index >= 15 is 0 Å². The number of aromatic nitrogens is 1. The maximum atomic E-state index is 12.7. The number of carbonyl (C=O) groups is 1. The Kier molecular flexibility index (Phi) is 6.01. The summed E-state index contributed by atoms with van der Waals surface area (Å²) in [6, 6.07) is 9.12. The summed E-state index contributed by atoms with van der Waals surface area (Å²) in [4.78, 5) is 18.6. The minimum absolute atomic E-state index is 0.149. The van der Waals surface area contributed by atoms with Crippen molar-refractivity contribution in [3.63, 3.8) is 0 Å². The van der Waals surface area contributed by atoms with E-state index in [0.717, 1.165) is 5.69 Å². The smallest absolute Gasteiger partial charge is 0.257 e. The molecule has 2 rings (SSSR count). The summed E-state index contributed by atoms with van der Waals surface area (Å²) in [7, 11) is 6.31. The normalized spacial score (nSPS) is 10.2. The molecule has 0 aliphatic heterocycles. The quantitative estimate of drug-likeness (QED) is 0.780. The molecular formula is C18H22N2O4. The molecule has 1 aromatic heterocycles. The number of pyridine rings is 1. The third kappa shape index (κ3) is 3.76. The number of hydrogen-bond acceptors (Lipinski definition) is 5. The first kappa shape index (κ1) is 17.6. The second-order valence-corrected chi connectivity index (χ2v) is 5.18. The summed E-state index contributed by atoms with van der Waals surface area (Å²) < 4.78 is 15.9. The van der Waals surface area contributed by atoms with Crippen molar-refractivity contribution in [2.24, 2.45) is 0 Å². The molecule has 1 amide bonds. The van der Waals surface area contributed by atoms with Crippen LogP contribution in [-0.4, -0.2) is 50.7 Å². The zero-order chi connectivity index (χ0) is 17.5. The van der Waals surface area contributed by atoms with Crippen molar-refractivity contribution >= 4 is 5.91 Å². The lowest BCUT2D eigenvalue weighted by molar-refractivity contribution is 0.0792. The Morgan fingerprint density at radius 1 is 1.04 bits per heavy atom. The number of rotatable bonds is 7. The number of benzene rings is 1. The van der Waals surface area contributed by atoms with Gasteiger partial charge in [0.15, 0.2) is 11.5 Å². The number of hydrogen-bond donors (Lipinski definition) is 0. The van der Waals surface area contributed by atoms with E-state index in [4.69, 9.17) is 14.2 Å². The largest absolute Gasteiger partial charge is 0.493 e. The third-order valence-corrected chi connectivity index (χ3v) is 3.71. The van der Waals surface area contributed by atoms with Crippen molar-refractivity contribution in [1.29, 1.82) is 0 Å². The molecule has 24 heavy (non-hydrogen) atoms. The standard InChI is InChI=1S/C18H22N2O4/c1-20(12-10-13-7-5-6-11-19-13)18(21)14-8-9-15(22-2)17(24-4)16(14)23-3/h5-9,11H,10,12H2,1-4H3. The second kappa shape index (κ2) is 8.19. The molecule has 0 aliphatic rings. The number of carbonyl (C=O) groups excluding carboxylic acids is 1. The van der Waals surface area contributed by atoms with Crippen LogP contribution in [0, 0.1) is 0 Å². The van der Waals surface area contributed by atoms with Gasteiger partial charge < -0.3 is 19.1 Å². The highest BCUT2D eigenvalue weighted by Crippen LogP contribution is 2.40. The first-order valence-electron chi connectivity index (χ1n) is 7.56. The fourth-order valence-electron chi connectivity index (χ4n) is 2.41. The van der Waals surface area contributed by atoms with Crippen molar-refractivity contribution in [1.82, 2.24) is 9.88 Å². The fraction of sp³-hybridized carbons (Fsp3) is 0.333. The van der Waals surface area contributed by atoms with Gasteiger partial charge in [0.1, 0.15) is 0 Å². The first-order valence-corrected chi connectivity index (χ1v) is 7.56. The zero-order valence-electron chi connectivity index (χ0n) is 14.4. The van der Waals surface area contributed by atoms with Crippen molar-refractivity contribution in [2.75, 3.05) is 34.9 Å². The van der Waals surface area contributed by atoms with Gasteiger partial charge in [0.2, 0.25) is 5.75 Å². The van der Waals surface area contributed by atoms with Crippen LogP contribution in [0.25, 0.3) is 0 Å². The lowest BCUT2D eigenvalue weighted by Gasteiger charge is -2.20. The van der Waals surface area contributed by atoms with Crippen LogP contribution in [0.3, 0.4) is 0 Å². The maximum Gasteiger partial charge on any atom is 0.257 e. The summed E-state index contributed by atoms with van der Waals surface area (Å²) in [5.41, 5.74) is 1.37. The Balaban J connectivity index is 2.19. The fourth-order valence-corrected chi connectivity index (χ4v) is 2.41. The Labute approximate surface area is 142 Å². The minimum Gasteiger partial charge on any atom is -0.493 e. The average Bonchev–Trinajstić information content (AvgIpc) is 2.64. The zero-order valence-corrected chi connectivity index (χ0v) is 14.4. The molecule has 128 valence electrons. The van der Waals surface area contributed by atoms with Gasteiger partial charge in [-0.1, -0.05) is 6.07 Å². The third-order valence-electron chi connectivity index (χ3n) is 3.71. The number of ether oxygens (including phenoxy) is 3. The second-order valence-electron chi connectivity index (χ2n) is 5.18. The van der Waals surface area contributed by atoms with E-state index in [1.807, 2.05) is 18.2 Å². The van der Waals surface area contributed by atoms with Crippen LogP contribution in [0.15, 0.2) is 36.5 Å². The van der Waals surface area contributed by atoms with Gasteiger partial charge in [-0.05, 0) is 24.3 Å². The van der Waals surface area contributed by atoms with E-state index in [2.05, 4.69) is 4.98 Å². The molecule has 0 saturated heterocycles. The molecule has 0 atom stereocenters. The van der Waals surface area contributed by atoms with Crippen LogP contribution in [0.1, 0.15) is 16.1 Å². The van der Waals surface area contributed by atoms with Crippen LogP contribution in [0.4, 0.5) is 0 Å². The predicted octanol–water partition coefficient (Wildman–Crippen LogP) is 2.42. The van der Waals surface area contributed by atoms with Crippen LogP contribution in [-0.2, 0) is 6.42 Å². The topological polar surface area (TPSA) is 60.9 Å². The van der Waals surface area contributed by atoms with Gasteiger partial charge in [-0.3, -0.25) is 9.78 Å². The molecule has 0 radical (unpaired) electrons. The highest BCUT2D eigenvalue weighted by atomic mass is 16.5. The van der Waals surface area contributed by atoms with E-state index in [1.54, 1.807) is 30.3 Å². The number of nitrogens with zero attached hydrogens (tertiary/aromatic N) is 2. The van der Waals surface area contributed by atoms with Crippen LogP contribution < -0.4 is 14.2 Å². The van der Waals surface area contributed by atoms with E-state index in [-0.39, 0.29) is 5.91 Å². The molecule has 6 heteroatoms. The molecule has 0 N–H and O–H groups in total. The van der Waals surface area contributed by atoms with Gasteiger partial charge in [0, 0.05) is 31.9 Å². The maximum absolute atomic E-state index is 12.7. The molecule has 0 saturated carbocycles. The molecule has 0 fully saturated rings. The lowest BCUT2D eigenvalue weighted by Crippen LogP contribution is -2.29. The first-order chi connectivity index (χ1) is 11.6. The Morgan fingerprint density at radius 2 is 1.79 bits per heavy atom. The molecule has 0 spiro atoms. The molecule has 0 unspecified atom stereocenters. The highest BCUT2D eigenvalue weighted by Gasteiger charge is 2.22. The van der Waals surface area contributed by atoms with E-state index in [0.29, 0.717) is 35.8 Å². The Morgan fingerprint density at radius 3 is 2.38 bits per heavy atom. The van der Waals surface area contributed by atoms with Gasteiger partial charge >= 0.3 is 0 Å². The highest BCUT2D eigenvalue weighted by molar-refractivity contribution is 5.98. The summed E-state index contributed by atoms with van der Waals surface area (Å²) in [6.45, 7) is 0.549. The SMILES string of the molecule is COc1ccc(C(=O)N(C)CCc2ccccn2)c(OC)c1OC. The number of likely N-dealkylation sites (N-methyl/N-ethyl adjacent to an activating group) is 1. The Bertz CT molecular complexity index is 689. The molecule has 0 aliphatic carbocycles. The molecule has 0 bridgehead atoms. The Hall–Kier alpha value is -2.76. The van der Waals surface area contributed by atoms with Crippen molar-refractivity contribution < 1.29 is 19.0 Å². The van der Waals surface area contributed by atoms with Gasteiger partial charge in [0.25, 0.3) is 5.91 Å². The lowest BCUT2D eigenvalue weighted by atomic mass is 10.1. The molecular weight excluding hydrogens is 308 g/mol. The summed E-state index contributed by atoms with van der Waals surface area (Å²) in [5.74, 6) is 1.14. The predicted molar refractivity (Wildman–Crippen MR) is 91.0 cm³/mol. The molecule has 2 aromatic rings. The average molecular weight is 330 g/mol. The summed E-state index contributed by atoms with van der Waals surface area (Å²) >= 11 is 0. The van der Waals surface area contributed by atoms with E-state index in [1.165, 1.54) is 21.3 Å². The van der Waals surface area contributed by atoms with Gasteiger partial charge in [-0.2, -0.15) is 0 Å². The van der Waals surface area contributed by atoms with Gasteiger partial charge in [0.05, 0.1) is 26.9 Å². The van der Waals surface area contributed by atoms with Crippen LogP contribution in [0.2, 0.25) is 0 Å². The molecule has 1 aromatic carbocycles. The van der Waals surface area contributed by atoms with Crippen molar-refractivity contribution in [3.05, 3.63) is 47.8 Å². The van der Waals surface area contributed by atoms with Crippen molar-refractivity contribution in [2.45, 2.75) is 6.42 Å². The monoisotopic (exact) mass is 330 g/mol. The van der Waals surface area contributed by atoms with Crippen LogP contribution in [0.5, 0.6) is 17.2 Å². The van der Waals surface area contributed by atoms with E-state index in [9.17, 15) is 4.79 Å². The van der Waals surface area contributed by atoms with Crippen LogP contribution >= 0.6 is 0 Å². The molecule has 1 heterocycles. The number of methoxy groups -OCH3 is 3. The van der Waals surface area contributed by atoms with Crippen molar-refractivity contribution in [3.8, 4) is 17.2 Å².